The Hall–Kier alpha value is -1.67. The molecule has 0 spiro atoms. The topological polar surface area (TPSA) is 81.8 Å². The summed E-state index contributed by atoms with van der Waals surface area (Å²) >= 11 is 0. The third-order valence-electron chi connectivity index (χ3n) is 3.66. The molecule has 0 radical (unpaired) electrons. The maximum atomic E-state index is 9.23. The van der Waals surface area contributed by atoms with Crippen molar-refractivity contribution in [3.63, 3.8) is 0 Å². The Morgan fingerprint density at radius 3 is 2.83 bits per heavy atom. The minimum Gasteiger partial charge on any atom is -0.393 e. The summed E-state index contributed by atoms with van der Waals surface area (Å²) in [6, 6.07) is 2.07. The third kappa shape index (κ3) is 2.29. The molecule has 0 saturated heterocycles. The maximum Gasteiger partial charge on any atom is 0.182 e. The van der Waals surface area contributed by atoms with E-state index < -0.39 is 0 Å². The maximum absolute atomic E-state index is 9.23. The molecule has 2 aliphatic carbocycles. The summed E-state index contributed by atoms with van der Waals surface area (Å²) in [5.74, 6) is 1.62. The van der Waals surface area contributed by atoms with Crippen molar-refractivity contribution < 1.29 is 5.11 Å². The van der Waals surface area contributed by atoms with Crippen LogP contribution in [0.2, 0.25) is 0 Å². The number of rotatable bonds is 4. The summed E-state index contributed by atoms with van der Waals surface area (Å²) in [5, 5.41) is 21.4. The minimum atomic E-state index is -0.142. The smallest absolute Gasteiger partial charge is 0.182 e. The van der Waals surface area contributed by atoms with Crippen LogP contribution in [0.15, 0.2) is 6.20 Å². The molecule has 3 rings (SSSR count). The first-order valence-electron chi connectivity index (χ1n) is 6.45. The highest BCUT2D eigenvalue weighted by molar-refractivity contribution is 5.48. The van der Waals surface area contributed by atoms with Crippen molar-refractivity contribution in [3.05, 3.63) is 17.6 Å². The number of nitrogens with zero attached hydrogens (tertiary/aromatic N) is 3. The summed E-state index contributed by atoms with van der Waals surface area (Å²) in [5.41, 5.74) is 1.35. The van der Waals surface area contributed by atoms with E-state index in [1.165, 1.54) is 12.8 Å². The van der Waals surface area contributed by atoms with Crippen molar-refractivity contribution in [2.45, 2.75) is 37.7 Å². The van der Waals surface area contributed by atoms with E-state index in [0.717, 1.165) is 25.1 Å². The predicted molar refractivity (Wildman–Crippen MR) is 65.9 cm³/mol. The number of hydrogen-bond acceptors (Lipinski definition) is 5. The highest BCUT2D eigenvalue weighted by Crippen LogP contribution is 2.39. The molecule has 2 saturated carbocycles. The molecule has 0 atom stereocenters. The van der Waals surface area contributed by atoms with E-state index >= 15 is 0 Å². The van der Waals surface area contributed by atoms with Crippen LogP contribution in [0.5, 0.6) is 0 Å². The minimum absolute atomic E-state index is 0.142. The molecule has 2 fully saturated rings. The molecule has 0 bridgehead atoms. The van der Waals surface area contributed by atoms with Gasteiger partial charge in [0.15, 0.2) is 11.5 Å². The average Bonchev–Trinajstić information content (AvgIpc) is 3.17. The quantitative estimate of drug-likeness (QED) is 0.836. The van der Waals surface area contributed by atoms with Crippen molar-refractivity contribution in [2.24, 2.45) is 5.92 Å². The van der Waals surface area contributed by atoms with Crippen LogP contribution in [-0.4, -0.2) is 27.7 Å². The summed E-state index contributed by atoms with van der Waals surface area (Å²) in [6.07, 6.45) is 5.60. The highest BCUT2D eigenvalue weighted by Gasteiger charge is 2.28. The molecule has 94 valence electrons. The molecule has 1 aromatic rings. The second kappa shape index (κ2) is 4.54. The molecule has 1 aromatic heterocycles. The van der Waals surface area contributed by atoms with E-state index in [1.54, 1.807) is 6.20 Å². The van der Waals surface area contributed by atoms with Gasteiger partial charge in [0, 0.05) is 12.5 Å². The molecular weight excluding hydrogens is 228 g/mol. The monoisotopic (exact) mass is 244 g/mol. The SMILES string of the molecule is N#Cc1ncc(C2CC2)nc1NC[C@H]1C[C@H](O)C1. The van der Waals surface area contributed by atoms with E-state index in [0.29, 0.717) is 23.3 Å². The zero-order valence-corrected chi connectivity index (χ0v) is 10.1. The van der Waals surface area contributed by atoms with Gasteiger partial charge >= 0.3 is 0 Å². The number of aliphatic hydroxyl groups excluding tert-OH is 1. The molecular formula is C13H16N4O. The van der Waals surface area contributed by atoms with E-state index in [2.05, 4.69) is 21.4 Å². The van der Waals surface area contributed by atoms with E-state index in [1.807, 2.05) is 0 Å². The van der Waals surface area contributed by atoms with Gasteiger partial charge in [-0.25, -0.2) is 9.97 Å². The zero-order valence-electron chi connectivity index (χ0n) is 10.1. The Morgan fingerprint density at radius 1 is 1.44 bits per heavy atom. The first-order valence-corrected chi connectivity index (χ1v) is 6.45. The molecule has 0 aromatic carbocycles. The van der Waals surface area contributed by atoms with Crippen molar-refractivity contribution in [3.8, 4) is 6.07 Å². The molecule has 2 aliphatic rings. The molecule has 0 aliphatic heterocycles. The van der Waals surface area contributed by atoms with E-state index in [4.69, 9.17) is 5.26 Å². The van der Waals surface area contributed by atoms with Crippen molar-refractivity contribution in [1.29, 1.82) is 5.26 Å². The summed E-state index contributed by atoms with van der Waals surface area (Å²) in [4.78, 5) is 8.66. The first-order chi connectivity index (χ1) is 8.76. The number of nitriles is 1. The van der Waals surface area contributed by atoms with Crippen LogP contribution in [0, 0.1) is 17.2 Å². The average molecular weight is 244 g/mol. The molecule has 1 heterocycles. The van der Waals surface area contributed by atoms with Crippen LogP contribution in [-0.2, 0) is 0 Å². The third-order valence-corrected chi connectivity index (χ3v) is 3.66. The van der Waals surface area contributed by atoms with Crippen LogP contribution in [0.1, 0.15) is 43.0 Å². The lowest BCUT2D eigenvalue weighted by Crippen LogP contribution is -2.33. The normalized spacial score (nSPS) is 26.2. The van der Waals surface area contributed by atoms with Gasteiger partial charge in [0.1, 0.15) is 6.07 Å². The molecule has 0 unspecified atom stereocenters. The Kier molecular flexibility index (Phi) is 2.88. The molecule has 2 N–H and O–H groups in total. The number of hydrogen-bond donors (Lipinski definition) is 2. The van der Waals surface area contributed by atoms with Gasteiger partial charge in [-0.3, -0.25) is 0 Å². The standard InChI is InChI=1S/C13H16N4O/c14-5-11-13(16-6-8-3-10(18)4-8)17-12(7-15-11)9-1-2-9/h7-10,18H,1-4,6H2,(H,16,17)/t8-,10-. The molecule has 5 heteroatoms. The van der Waals surface area contributed by atoms with Gasteiger partial charge in [-0.05, 0) is 31.6 Å². The van der Waals surface area contributed by atoms with Gasteiger partial charge in [0.05, 0.1) is 18.0 Å². The molecule has 0 amide bonds. The van der Waals surface area contributed by atoms with E-state index in [9.17, 15) is 5.11 Å². The number of anilines is 1. The number of aliphatic hydroxyl groups is 1. The lowest BCUT2D eigenvalue weighted by atomic mass is 9.82. The van der Waals surface area contributed by atoms with Gasteiger partial charge in [0.2, 0.25) is 0 Å². The van der Waals surface area contributed by atoms with Crippen LogP contribution in [0.3, 0.4) is 0 Å². The predicted octanol–water partition coefficient (Wildman–Crippen LogP) is 1.41. The van der Waals surface area contributed by atoms with Crippen LogP contribution < -0.4 is 5.32 Å². The first kappa shape index (κ1) is 11.4. The highest BCUT2D eigenvalue weighted by atomic mass is 16.3. The van der Waals surface area contributed by atoms with Crippen LogP contribution in [0.4, 0.5) is 5.82 Å². The van der Waals surface area contributed by atoms with Crippen LogP contribution in [0.25, 0.3) is 0 Å². The van der Waals surface area contributed by atoms with Gasteiger partial charge < -0.3 is 10.4 Å². The fourth-order valence-corrected chi connectivity index (χ4v) is 2.29. The summed E-state index contributed by atoms with van der Waals surface area (Å²) in [6.45, 7) is 0.758. The van der Waals surface area contributed by atoms with Gasteiger partial charge in [-0.1, -0.05) is 0 Å². The summed E-state index contributed by atoms with van der Waals surface area (Å²) < 4.78 is 0. The van der Waals surface area contributed by atoms with Gasteiger partial charge in [-0.15, -0.1) is 0 Å². The Morgan fingerprint density at radius 2 is 2.22 bits per heavy atom. The van der Waals surface area contributed by atoms with Gasteiger partial charge in [0.25, 0.3) is 0 Å². The lowest BCUT2D eigenvalue weighted by molar-refractivity contribution is 0.0486. The van der Waals surface area contributed by atoms with Gasteiger partial charge in [-0.2, -0.15) is 5.26 Å². The number of nitrogens with one attached hydrogen (secondary N) is 1. The van der Waals surface area contributed by atoms with Crippen molar-refractivity contribution in [1.82, 2.24) is 9.97 Å². The second-order valence-corrected chi connectivity index (χ2v) is 5.25. The lowest BCUT2D eigenvalue weighted by Gasteiger charge is -2.31. The number of aromatic nitrogens is 2. The van der Waals surface area contributed by atoms with Crippen LogP contribution >= 0.6 is 0 Å². The fraction of sp³-hybridized carbons (Fsp3) is 0.615. The molecule has 18 heavy (non-hydrogen) atoms. The Balaban J connectivity index is 1.68. The summed E-state index contributed by atoms with van der Waals surface area (Å²) in [7, 11) is 0. The molecule has 5 nitrogen and oxygen atoms in total. The zero-order chi connectivity index (χ0) is 12.5. The Labute approximate surface area is 106 Å². The largest absolute Gasteiger partial charge is 0.393 e. The van der Waals surface area contributed by atoms with Crippen molar-refractivity contribution in [2.75, 3.05) is 11.9 Å². The van der Waals surface area contributed by atoms with E-state index in [-0.39, 0.29) is 6.10 Å². The Bertz CT molecular complexity index is 486. The second-order valence-electron chi connectivity index (χ2n) is 5.25. The van der Waals surface area contributed by atoms with Crippen molar-refractivity contribution >= 4 is 5.82 Å². The fourth-order valence-electron chi connectivity index (χ4n) is 2.29.